The molecule has 0 saturated carbocycles. The van der Waals surface area contributed by atoms with Crippen molar-refractivity contribution in [3.63, 3.8) is 0 Å². The maximum Gasteiger partial charge on any atom is 0.407 e. The number of carbonyl (C=O) groups is 4. The first-order chi connectivity index (χ1) is 24.5. The number of allylic oxidation sites excluding steroid dienone is 1. The van der Waals surface area contributed by atoms with Gasteiger partial charge in [0.15, 0.2) is 11.4 Å². The fraction of sp³-hybridized carbons (Fsp3) is 0.487. The number of rotatable bonds is 10. The number of hydrogen-bond donors (Lipinski definition) is 2. The first-order valence-electron chi connectivity index (χ1n) is 18.0. The molecule has 4 atom stereocenters. The van der Waals surface area contributed by atoms with Gasteiger partial charge in [-0.3, -0.25) is 19.4 Å². The Morgan fingerprint density at radius 3 is 2.25 bits per heavy atom. The molecule has 0 radical (unpaired) electrons. The molecule has 51 heavy (non-hydrogen) atoms. The Morgan fingerprint density at radius 2 is 1.55 bits per heavy atom. The van der Waals surface area contributed by atoms with Crippen molar-refractivity contribution in [1.82, 2.24) is 20.3 Å². The summed E-state index contributed by atoms with van der Waals surface area (Å²) in [6, 6.07) is 12.5. The molecule has 0 spiro atoms. The van der Waals surface area contributed by atoms with E-state index in [4.69, 9.17) is 14.3 Å². The molecular weight excluding hydrogens is 648 g/mol. The van der Waals surface area contributed by atoms with Gasteiger partial charge in [-0.2, -0.15) is 0 Å². The molecule has 3 aliphatic heterocycles. The van der Waals surface area contributed by atoms with Gasteiger partial charge in [0, 0.05) is 37.3 Å². The number of aromatic nitrogens is 1. The Morgan fingerprint density at radius 1 is 0.863 bits per heavy atom. The van der Waals surface area contributed by atoms with Crippen LogP contribution in [-0.2, 0) is 19.1 Å². The van der Waals surface area contributed by atoms with E-state index in [1.807, 2.05) is 50.1 Å². The van der Waals surface area contributed by atoms with E-state index < -0.39 is 18.2 Å². The van der Waals surface area contributed by atoms with Crippen molar-refractivity contribution in [2.24, 2.45) is 22.7 Å². The molecular formula is C39H48N6O6. The van der Waals surface area contributed by atoms with Gasteiger partial charge in [-0.15, -0.1) is 0 Å². The molecule has 0 aliphatic carbocycles. The average molecular weight is 697 g/mol. The van der Waals surface area contributed by atoms with Crippen LogP contribution in [0.2, 0.25) is 0 Å². The van der Waals surface area contributed by atoms with Gasteiger partial charge in [-0.05, 0) is 71.9 Å². The Kier molecular flexibility index (Phi) is 10.6. The van der Waals surface area contributed by atoms with Crippen LogP contribution in [0.5, 0.6) is 0 Å². The minimum atomic E-state index is -0.820. The number of alkyl carbamates (subject to hydrolysis) is 1. The third-order valence-corrected chi connectivity index (χ3v) is 10.6. The van der Waals surface area contributed by atoms with Gasteiger partial charge < -0.3 is 29.7 Å². The summed E-state index contributed by atoms with van der Waals surface area (Å²) in [4.78, 5) is 60.4. The number of likely N-dealkylation sites (tertiary alicyclic amines) is 2. The van der Waals surface area contributed by atoms with Crippen molar-refractivity contribution < 1.29 is 28.4 Å². The largest absolute Gasteiger partial charge is 0.453 e. The number of nitrogens with one attached hydrogen (secondary N) is 2. The van der Waals surface area contributed by atoms with E-state index >= 15 is 0 Å². The van der Waals surface area contributed by atoms with Crippen LogP contribution in [0.15, 0.2) is 58.2 Å². The minimum absolute atomic E-state index is 0.00819. The quantitative estimate of drug-likeness (QED) is 0.254. The highest BCUT2D eigenvalue weighted by Crippen LogP contribution is 2.34. The van der Waals surface area contributed by atoms with Crippen LogP contribution >= 0.6 is 0 Å². The Bertz CT molecular complexity index is 1860. The van der Waals surface area contributed by atoms with E-state index in [9.17, 15) is 19.2 Å². The van der Waals surface area contributed by atoms with Crippen molar-refractivity contribution in [1.29, 1.82) is 0 Å². The van der Waals surface area contributed by atoms with Crippen molar-refractivity contribution in [2.45, 2.75) is 84.8 Å². The maximum atomic E-state index is 13.5. The van der Waals surface area contributed by atoms with E-state index in [2.05, 4.69) is 53.9 Å². The molecule has 1 aromatic heterocycles. The first kappa shape index (κ1) is 35.8. The topological polar surface area (TPSA) is 146 Å². The summed E-state index contributed by atoms with van der Waals surface area (Å²) >= 11 is 0. The van der Waals surface area contributed by atoms with Crippen LogP contribution in [0, 0.1) is 17.8 Å². The molecule has 12 heteroatoms. The monoisotopic (exact) mass is 696 g/mol. The number of amides is 4. The fourth-order valence-electron chi connectivity index (χ4n) is 7.22. The highest BCUT2D eigenvalue weighted by atomic mass is 16.5. The van der Waals surface area contributed by atoms with Crippen LogP contribution < -0.4 is 10.6 Å². The van der Waals surface area contributed by atoms with Crippen LogP contribution in [0.3, 0.4) is 0 Å². The van der Waals surface area contributed by atoms with Crippen LogP contribution in [0.1, 0.15) is 72.3 Å². The van der Waals surface area contributed by atoms with E-state index in [1.54, 1.807) is 0 Å². The third-order valence-electron chi connectivity index (χ3n) is 10.6. The van der Waals surface area contributed by atoms with Gasteiger partial charge in [-0.25, -0.2) is 4.79 Å². The SMILES string of the molecule is COC(=O)N[C@H](C(=O)N1CCC[C@H]1C(=O)Nc1noc2ccc(-c3ccc(C4=CN=C([C@@H]5CCCN5C(=O)[C@@H](C)C(C)C)C4)cc3)cc12)C(C)C. The summed E-state index contributed by atoms with van der Waals surface area (Å²) in [6.07, 6.45) is 5.07. The molecule has 4 amide bonds. The summed E-state index contributed by atoms with van der Waals surface area (Å²) in [5.74, 6) is -0.0961. The highest BCUT2D eigenvalue weighted by Gasteiger charge is 2.39. The van der Waals surface area contributed by atoms with Gasteiger partial charge in [-0.1, -0.05) is 70.1 Å². The highest BCUT2D eigenvalue weighted by molar-refractivity contribution is 6.05. The number of benzene rings is 2. The Hall–Kier alpha value is -5.00. The summed E-state index contributed by atoms with van der Waals surface area (Å²) in [5, 5.41) is 10.3. The molecule has 12 nitrogen and oxygen atoms in total. The van der Waals surface area contributed by atoms with Gasteiger partial charge in [0.1, 0.15) is 12.1 Å². The molecule has 4 heterocycles. The molecule has 2 saturated heterocycles. The Balaban J connectivity index is 1.12. The van der Waals surface area contributed by atoms with Crippen molar-refractivity contribution >= 4 is 51.9 Å². The lowest BCUT2D eigenvalue weighted by molar-refractivity contribution is -0.139. The molecule has 6 rings (SSSR count). The predicted octanol–water partition coefficient (Wildman–Crippen LogP) is 6.27. The van der Waals surface area contributed by atoms with Crippen molar-refractivity contribution in [3.8, 4) is 11.1 Å². The molecule has 270 valence electrons. The first-order valence-corrected chi connectivity index (χ1v) is 18.0. The van der Waals surface area contributed by atoms with Crippen LogP contribution in [0.25, 0.3) is 27.7 Å². The Labute approximate surface area is 298 Å². The van der Waals surface area contributed by atoms with Gasteiger partial charge >= 0.3 is 6.09 Å². The smallest absolute Gasteiger partial charge is 0.407 e. The van der Waals surface area contributed by atoms with Crippen molar-refractivity contribution in [2.75, 3.05) is 25.5 Å². The summed E-state index contributed by atoms with van der Waals surface area (Å²) < 4.78 is 10.2. The second kappa shape index (κ2) is 15.1. The maximum absolute atomic E-state index is 13.5. The summed E-state index contributed by atoms with van der Waals surface area (Å²) in [6.45, 7) is 11.1. The lowest BCUT2D eigenvalue weighted by atomic mass is 9.94. The number of carbonyl (C=O) groups excluding carboxylic acids is 4. The number of nitrogens with zero attached hydrogens (tertiary/aromatic N) is 4. The average Bonchev–Trinajstić information content (AvgIpc) is 3.96. The van der Waals surface area contributed by atoms with Crippen molar-refractivity contribution in [3.05, 3.63) is 54.2 Å². The zero-order valence-corrected chi connectivity index (χ0v) is 30.3. The predicted molar refractivity (Wildman–Crippen MR) is 196 cm³/mol. The zero-order chi connectivity index (χ0) is 36.4. The standard InChI is InChI=1S/C39H48N6O6/c1-22(2)24(5)37(47)44-17-7-9-31(44)30-20-28(21-40-30)26-13-11-25(12-14-26)27-15-16-33-29(19-27)35(43-51-33)42-36(46)32-10-8-18-45(32)38(48)34(23(3)4)41-39(49)50-6/h11-16,19,21-24,31-32,34H,7-10,17-18,20H2,1-6H3,(H,41,49)(H,42,43,46)/t24-,31-,32-,34-/m0/s1. The second-order valence-electron chi connectivity index (χ2n) is 14.5. The second-order valence-corrected chi connectivity index (χ2v) is 14.5. The van der Waals surface area contributed by atoms with Gasteiger partial charge in [0.25, 0.3) is 0 Å². The van der Waals surface area contributed by atoms with Crippen LogP contribution in [0.4, 0.5) is 10.6 Å². The molecule has 0 unspecified atom stereocenters. The van der Waals surface area contributed by atoms with E-state index in [0.29, 0.717) is 36.3 Å². The zero-order valence-electron chi connectivity index (χ0n) is 30.3. The van der Waals surface area contributed by atoms with Gasteiger partial charge in [0.05, 0.1) is 18.5 Å². The number of anilines is 1. The molecule has 2 fully saturated rings. The van der Waals surface area contributed by atoms with E-state index in [0.717, 1.165) is 53.8 Å². The minimum Gasteiger partial charge on any atom is -0.453 e. The van der Waals surface area contributed by atoms with Crippen LogP contribution in [-0.4, -0.2) is 82.8 Å². The molecule has 2 aromatic carbocycles. The lowest BCUT2D eigenvalue weighted by Crippen LogP contribution is -2.54. The number of methoxy groups -OCH3 is 1. The molecule has 2 N–H and O–H groups in total. The van der Waals surface area contributed by atoms with E-state index in [1.165, 1.54) is 12.0 Å². The lowest BCUT2D eigenvalue weighted by Gasteiger charge is -2.30. The summed E-state index contributed by atoms with van der Waals surface area (Å²) in [5.41, 5.74) is 5.71. The number of fused-ring (bicyclic) bond motifs is 1. The van der Waals surface area contributed by atoms with Gasteiger partial charge in [0.2, 0.25) is 17.7 Å². The molecule has 0 bridgehead atoms. The fourth-order valence-corrected chi connectivity index (χ4v) is 7.22. The number of hydrogen-bond acceptors (Lipinski definition) is 8. The molecule has 3 aromatic rings. The normalized spacial score (nSPS) is 20.1. The summed E-state index contributed by atoms with van der Waals surface area (Å²) in [7, 11) is 1.25. The van der Waals surface area contributed by atoms with E-state index in [-0.39, 0.29) is 41.4 Å². The number of ether oxygens (including phenoxy) is 1. The molecule has 3 aliphatic rings. The number of aliphatic imine (C=N–C) groups is 1. The third kappa shape index (κ3) is 7.41.